The van der Waals surface area contributed by atoms with Crippen molar-refractivity contribution >= 4 is 29.1 Å². The Kier molecular flexibility index (Phi) is 6.68. The number of nitrogens with zero attached hydrogens (tertiary/aromatic N) is 2. The minimum atomic E-state index is -0.773. The third-order valence-electron chi connectivity index (χ3n) is 6.13. The van der Waals surface area contributed by atoms with Crippen molar-refractivity contribution in [3.8, 4) is 5.75 Å². The van der Waals surface area contributed by atoms with E-state index in [9.17, 15) is 14.7 Å². The molecule has 3 aromatic rings. The van der Waals surface area contributed by atoms with E-state index in [1.165, 1.54) is 18.1 Å². The number of hydrogen-bond donors (Lipinski definition) is 1. The third-order valence-corrected chi connectivity index (χ3v) is 6.43. The van der Waals surface area contributed by atoms with Gasteiger partial charge < -0.3 is 14.7 Å². The largest absolute Gasteiger partial charge is 0.507 e. The molecule has 1 fully saturated rings. The van der Waals surface area contributed by atoms with Gasteiger partial charge >= 0.3 is 0 Å². The van der Waals surface area contributed by atoms with Crippen LogP contribution in [0.1, 0.15) is 49.1 Å². The van der Waals surface area contributed by atoms with Gasteiger partial charge in [0.2, 0.25) is 0 Å². The van der Waals surface area contributed by atoms with Crippen LogP contribution in [0.15, 0.2) is 72.6 Å². The van der Waals surface area contributed by atoms with Crippen molar-refractivity contribution in [1.82, 2.24) is 9.88 Å². The highest BCUT2D eigenvalue weighted by molar-refractivity contribution is 6.46. The first kappa shape index (κ1) is 24.5. The molecule has 1 aromatic heterocycles. The van der Waals surface area contributed by atoms with Crippen LogP contribution in [-0.4, -0.2) is 33.8 Å². The number of amides is 1. The van der Waals surface area contributed by atoms with Crippen molar-refractivity contribution in [2.45, 2.75) is 38.8 Å². The molecule has 7 heteroatoms. The Labute approximate surface area is 209 Å². The van der Waals surface area contributed by atoms with Crippen LogP contribution in [0.5, 0.6) is 5.75 Å². The number of rotatable bonds is 5. The molecule has 0 radical (unpaired) electrons. The normalized spacial score (nSPS) is 17.6. The van der Waals surface area contributed by atoms with Crippen LogP contribution in [0, 0.1) is 0 Å². The molecule has 0 unspecified atom stereocenters. The molecule has 180 valence electrons. The smallest absolute Gasteiger partial charge is 0.295 e. The highest BCUT2D eigenvalue weighted by atomic mass is 35.5. The number of methoxy groups -OCH3 is 1. The van der Waals surface area contributed by atoms with E-state index in [0.29, 0.717) is 11.3 Å². The maximum absolute atomic E-state index is 13.3. The molecule has 2 aromatic carbocycles. The van der Waals surface area contributed by atoms with Crippen LogP contribution in [0.3, 0.4) is 0 Å². The van der Waals surface area contributed by atoms with Crippen molar-refractivity contribution in [3.63, 3.8) is 0 Å². The quantitative estimate of drug-likeness (QED) is 0.283. The summed E-state index contributed by atoms with van der Waals surface area (Å²) < 4.78 is 5.19. The predicted octanol–water partition coefficient (Wildman–Crippen LogP) is 5.66. The van der Waals surface area contributed by atoms with Crippen LogP contribution < -0.4 is 4.74 Å². The number of carbonyl (C=O) groups excluding carboxylic acids is 2. The molecule has 1 aliphatic rings. The fourth-order valence-corrected chi connectivity index (χ4v) is 4.47. The number of hydrogen-bond acceptors (Lipinski definition) is 5. The monoisotopic (exact) mass is 490 g/mol. The molecule has 0 spiro atoms. The number of aliphatic hydroxyl groups is 1. The van der Waals surface area contributed by atoms with Gasteiger partial charge in [0.15, 0.2) is 0 Å². The topological polar surface area (TPSA) is 79.7 Å². The first-order chi connectivity index (χ1) is 16.6. The van der Waals surface area contributed by atoms with Gasteiger partial charge in [0, 0.05) is 24.5 Å². The Morgan fingerprint density at radius 2 is 1.83 bits per heavy atom. The molecule has 2 heterocycles. The van der Waals surface area contributed by atoms with Gasteiger partial charge in [0.05, 0.1) is 23.7 Å². The number of ketones is 1. The summed E-state index contributed by atoms with van der Waals surface area (Å²) in [7, 11) is 1.49. The van der Waals surface area contributed by atoms with E-state index in [4.69, 9.17) is 16.3 Å². The van der Waals surface area contributed by atoms with E-state index in [-0.39, 0.29) is 28.3 Å². The summed E-state index contributed by atoms with van der Waals surface area (Å²) in [6.45, 7) is 6.52. The van der Waals surface area contributed by atoms with E-state index >= 15 is 0 Å². The molecule has 0 aliphatic carbocycles. The maximum Gasteiger partial charge on any atom is 0.295 e. The molecular formula is C28H27ClN2O4. The summed E-state index contributed by atoms with van der Waals surface area (Å²) >= 11 is 6.27. The van der Waals surface area contributed by atoms with Gasteiger partial charge in [-0.25, -0.2) is 0 Å². The van der Waals surface area contributed by atoms with Crippen LogP contribution in [0.25, 0.3) is 5.76 Å². The molecule has 0 bridgehead atoms. The lowest BCUT2D eigenvalue weighted by Crippen LogP contribution is -2.29. The zero-order chi connectivity index (χ0) is 25.3. The van der Waals surface area contributed by atoms with Crippen LogP contribution in [0.4, 0.5) is 0 Å². The van der Waals surface area contributed by atoms with Crippen LogP contribution in [0.2, 0.25) is 5.02 Å². The molecule has 1 amide bonds. The van der Waals surface area contributed by atoms with Crippen molar-refractivity contribution in [1.29, 1.82) is 0 Å². The average Bonchev–Trinajstić information content (AvgIpc) is 3.08. The molecule has 4 rings (SSSR count). The fourth-order valence-electron chi connectivity index (χ4n) is 4.21. The Balaban J connectivity index is 1.86. The highest BCUT2D eigenvalue weighted by Gasteiger charge is 2.46. The van der Waals surface area contributed by atoms with Gasteiger partial charge in [0.25, 0.3) is 11.7 Å². The second-order valence-electron chi connectivity index (χ2n) is 9.51. The highest BCUT2D eigenvalue weighted by Crippen LogP contribution is 2.41. The lowest BCUT2D eigenvalue weighted by molar-refractivity contribution is -0.140. The van der Waals surface area contributed by atoms with Gasteiger partial charge in [-0.15, -0.1) is 0 Å². The summed E-state index contributed by atoms with van der Waals surface area (Å²) in [6, 6.07) is 15.4. The number of halogens is 1. The summed E-state index contributed by atoms with van der Waals surface area (Å²) in [5.41, 5.74) is 2.90. The number of aliphatic hydroxyl groups excluding tert-OH is 1. The molecule has 0 saturated carbocycles. The molecular weight excluding hydrogens is 464 g/mol. The maximum atomic E-state index is 13.3. The fraction of sp³-hybridized carbons (Fsp3) is 0.250. The lowest BCUT2D eigenvalue weighted by atomic mass is 9.85. The van der Waals surface area contributed by atoms with Gasteiger partial charge in [-0.2, -0.15) is 0 Å². The molecule has 1 atom stereocenters. The van der Waals surface area contributed by atoms with E-state index in [1.54, 1.807) is 30.6 Å². The molecule has 6 nitrogen and oxygen atoms in total. The van der Waals surface area contributed by atoms with Gasteiger partial charge in [-0.1, -0.05) is 62.7 Å². The number of pyridine rings is 1. The number of aromatic nitrogens is 1. The van der Waals surface area contributed by atoms with Gasteiger partial charge in [-0.3, -0.25) is 14.6 Å². The van der Waals surface area contributed by atoms with Crippen LogP contribution >= 0.6 is 11.6 Å². The van der Waals surface area contributed by atoms with Crippen molar-refractivity contribution in [3.05, 3.63) is 99.8 Å². The SMILES string of the molecule is COc1ccc(C(O)=C2C(=O)C(=O)N(Cc3cccnc3)[C@@H]2c2ccc(C(C)(C)C)cc2)cc1Cl. The minimum Gasteiger partial charge on any atom is -0.507 e. The standard InChI is InChI=1S/C28H27ClN2O4/c1-28(2,3)20-10-7-18(8-11-20)24-23(25(32)19-9-12-22(35-4)21(29)14-19)26(33)27(34)31(24)16-17-6-5-13-30-15-17/h5-15,24,32H,16H2,1-4H3/t24-/m1/s1. The molecule has 1 saturated heterocycles. The summed E-state index contributed by atoms with van der Waals surface area (Å²) in [5.74, 6) is -1.27. The Bertz CT molecular complexity index is 1290. The third kappa shape index (κ3) is 4.80. The lowest BCUT2D eigenvalue weighted by Gasteiger charge is -2.26. The molecule has 1 aliphatic heterocycles. The number of likely N-dealkylation sites (tertiary alicyclic amines) is 1. The van der Waals surface area contributed by atoms with Gasteiger partial charge in [-0.05, 0) is 46.4 Å². The van der Waals surface area contributed by atoms with E-state index < -0.39 is 17.7 Å². The van der Waals surface area contributed by atoms with Crippen LogP contribution in [-0.2, 0) is 21.5 Å². The van der Waals surface area contributed by atoms with E-state index in [0.717, 1.165) is 16.7 Å². The second kappa shape index (κ2) is 9.55. The minimum absolute atomic E-state index is 0.0173. The summed E-state index contributed by atoms with van der Waals surface area (Å²) in [5, 5.41) is 11.5. The predicted molar refractivity (Wildman–Crippen MR) is 135 cm³/mol. The average molecular weight is 491 g/mol. The Morgan fingerprint density at radius 3 is 2.40 bits per heavy atom. The summed E-state index contributed by atoms with van der Waals surface area (Å²) in [4.78, 5) is 32.1. The number of benzene rings is 2. The van der Waals surface area contributed by atoms with Crippen molar-refractivity contribution in [2.24, 2.45) is 0 Å². The van der Waals surface area contributed by atoms with Crippen molar-refractivity contribution < 1.29 is 19.4 Å². The molecule has 1 N–H and O–H groups in total. The Morgan fingerprint density at radius 1 is 1.11 bits per heavy atom. The van der Waals surface area contributed by atoms with Crippen molar-refractivity contribution in [2.75, 3.05) is 7.11 Å². The zero-order valence-electron chi connectivity index (χ0n) is 20.1. The number of Topliss-reactive ketones (excluding diaryl/α,β-unsaturated/α-hetero) is 1. The first-order valence-electron chi connectivity index (χ1n) is 11.2. The van der Waals surface area contributed by atoms with E-state index in [1.807, 2.05) is 30.3 Å². The van der Waals surface area contributed by atoms with E-state index in [2.05, 4.69) is 25.8 Å². The molecule has 35 heavy (non-hydrogen) atoms. The summed E-state index contributed by atoms with van der Waals surface area (Å²) in [6.07, 6.45) is 3.30. The number of carbonyl (C=O) groups is 2. The number of ether oxygens (including phenoxy) is 1. The van der Waals surface area contributed by atoms with Gasteiger partial charge in [0.1, 0.15) is 11.5 Å². The second-order valence-corrected chi connectivity index (χ2v) is 9.92. The first-order valence-corrected chi connectivity index (χ1v) is 11.6. The Hall–Kier alpha value is -3.64. The zero-order valence-corrected chi connectivity index (χ0v) is 20.8.